The molecule has 1 heterocycles. The lowest BCUT2D eigenvalue weighted by Crippen LogP contribution is -2.43. The summed E-state index contributed by atoms with van der Waals surface area (Å²) in [6.07, 6.45) is 1.37. The molecule has 1 aliphatic rings. The van der Waals surface area contributed by atoms with Crippen LogP contribution in [0.1, 0.15) is 30.1 Å². The summed E-state index contributed by atoms with van der Waals surface area (Å²) in [4.78, 5) is 26.0. The van der Waals surface area contributed by atoms with Gasteiger partial charge in [-0.3, -0.25) is 9.59 Å². The highest BCUT2D eigenvalue weighted by Crippen LogP contribution is 2.23. The van der Waals surface area contributed by atoms with E-state index >= 15 is 0 Å². The number of hydrogen-bond donors (Lipinski definition) is 2. The number of rotatable bonds is 3. The third kappa shape index (κ3) is 3.67. The van der Waals surface area contributed by atoms with Crippen LogP contribution in [0.4, 0.5) is 5.69 Å². The van der Waals surface area contributed by atoms with E-state index in [0.717, 1.165) is 0 Å². The van der Waals surface area contributed by atoms with E-state index in [1.54, 1.807) is 23.1 Å². The highest BCUT2D eigenvalue weighted by molar-refractivity contribution is 6.31. The van der Waals surface area contributed by atoms with Crippen molar-refractivity contribution in [1.82, 2.24) is 10.2 Å². The van der Waals surface area contributed by atoms with Crippen LogP contribution < -0.4 is 11.1 Å². The Morgan fingerprint density at radius 1 is 1.38 bits per heavy atom. The third-order valence-corrected chi connectivity index (χ3v) is 3.98. The first-order valence-corrected chi connectivity index (χ1v) is 7.52. The van der Waals surface area contributed by atoms with Crippen molar-refractivity contribution in [3.05, 3.63) is 28.8 Å². The largest absolute Gasteiger partial charge is 0.398 e. The second-order valence-electron chi connectivity index (χ2n) is 5.19. The summed E-state index contributed by atoms with van der Waals surface area (Å²) in [5.41, 5.74) is 6.70. The molecule has 0 radical (unpaired) electrons. The van der Waals surface area contributed by atoms with Gasteiger partial charge in [0.2, 0.25) is 5.91 Å². The van der Waals surface area contributed by atoms with Crippen LogP contribution >= 0.6 is 11.6 Å². The Kier molecular flexibility index (Phi) is 5.07. The van der Waals surface area contributed by atoms with Gasteiger partial charge in [-0.25, -0.2) is 0 Å². The molecule has 1 aliphatic heterocycles. The Balaban J connectivity index is 1.98. The molecule has 5 nitrogen and oxygen atoms in total. The van der Waals surface area contributed by atoms with Crippen molar-refractivity contribution in [2.24, 2.45) is 5.92 Å². The number of nitrogens with two attached hydrogens (primary N) is 1. The van der Waals surface area contributed by atoms with Gasteiger partial charge in [-0.1, -0.05) is 11.6 Å². The standard InChI is InChI=1S/C15H20ClN3O2/c1-2-18-14(20)10-5-7-19(8-6-10)15(21)12-4-3-11(16)9-13(12)17/h3-4,9-10H,2,5-8,17H2,1H3,(H,18,20). The van der Waals surface area contributed by atoms with Crippen molar-refractivity contribution < 1.29 is 9.59 Å². The maximum atomic E-state index is 12.4. The lowest BCUT2D eigenvalue weighted by atomic mass is 9.95. The van der Waals surface area contributed by atoms with Gasteiger partial charge in [0.1, 0.15) is 0 Å². The normalized spacial score (nSPS) is 15.8. The summed E-state index contributed by atoms with van der Waals surface area (Å²) in [6, 6.07) is 4.89. The Morgan fingerprint density at radius 3 is 2.62 bits per heavy atom. The fraction of sp³-hybridized carbons (Fsp3) is 0.467. The van der Waals surface area contributed by atoms with E-state index in [0.29, 0.717) is 48.7 Å². The molecule has 2 amide bonds. The minimum absolute atomic E-state index is 0.00318. The first kappa shape index (κ1) is 15.6. The first-order chi connectivity index (χ1) is 10.0. The number of halogens is 1. The lowest BCUT2D eigenvalue weighted by molar-refractivity contribution is -0.126. The number of nitrogens with one attached hydrogen (secondary N) is 1. The van der Waals surface area contributed by atoms with Gasteiger partial charge in [0.15, 0.2) is 0 Å². The summed E-state index contributed by atoms with van der Waals surface area (Å²) in [7, 11) is 0. The van der Waals surface area contributed by atoms with E-state index in [1.165, 1.54) is 0 Å². The number of nitrogen functional groups attached to an aromatic ring is 1. The van der Waals surface area contributed by atoms with Gasteiger partial charge < -0.3 is 16.0 Å². The number of likely N-dealkylation sites (tertiary alicyclic amines) is 1. The topological polar surface area (TPSA) is 75.4 Å². The van der Waals surface area contributed by atoms with Crippen LogP contribution in [0.2, 0.25) is 5.02 Å². The first-order valence-electron chi connectivity index (χ1n) is 7.15. The summed E-state index contributed by atoms with van der Waals surface area (Å²) in [5, 5.41) is 3.34. The van der Waals surface area contributed by atoms with Crippen LogP contribution in [0.15, 0.2) is 18.2 Å². The van der Waals surface area contributed by atoms with Gasteiger partial charge >= 0.3 is 0 Å². The summed E-state index contributed by atoms with van der Waals surface area (Å²) < 4.78 is 0. The van der Waals surface area contributed by atoms with E-state index in [2.05, 4.69) is 5.32 Å². The average molecular weight is 310 g/mol. The molecule has 0 atom stereocenters. The molecule has 0 saturated carbocycles. The van der Waals surface area contributed by atoms with E-state index in [1.807, 2.05) is 6.92 Å². The molecule has 21 heavy (non-hydrogen) atoms. The molecule has 1 fully saturated rings. The van der Waals surface area contributed by atoms with Gasteiger partial charge in [-0.15, -0.1) is 0 Å². The zero-order valence-electron chi connectivity index (χ0n) is 12.1. The van der Waals surface area contributed by atoms with Gasteiger partial charge in [0.25, 0.3) is 5.91 Å². The smallest absolute Gasteiger partial charge is 0.255 e. The molecule has 0 aromatic heterocycles. The minimum Gasteiger partial charge on any atom is -0.398 e. The zero-order valence-corrected chi connectivity index (χ0v) is 12.8. The van der Waals surface area contributed by atoms with Gasteiger partial charge in [0.05, 0.1) is 5.56 Å². The zero-order chi connectivity index (χ0) is 15.4. The highest BCUT2D eigenvalue weighted by Gasteiger charge is 2.28. The van der Waals surface area contributed by atoms with Crippen LogP contribution in [0, 0.1) is 5.92 Å². The van der Waals surface area contributed by atoms with Crippen molar-refractivity contribution in [1.29, 1.82) is 0 Å². The highest BCUT2D eigenvalue weighted by atomic mass is 35.5. The Labute approximate surface area is 129 Å². The summed E-state index contributed by atoms with van der Waals surface area (Å²) in [5.74, 6) is -0.0225. The molecule has 1 aromatic carbocycles. The Bertz CT molecular complexity index is 540. The number of carbonyl (C=O) groups is 2. The van der Waals surface area contributed by atoms with Crippen molar-refractivity contribution in [3.63, 3.8) is 0 Å². The second-order valence-corrected chi connectivity index (χ2v) is 5.63. The molecule has 0 bridgehead atoms. The average Bonchev–Trinajstić information content (AvgIpc) is 2.47. The van der Waals surface area contributed by atoms with Crippen LogP contribution in [-0.2, 0) is 4.79 Å². The number of anilines is 1. The van der Waals surface area contributed by atoms with Crippen molar-refractivity contribution in [2.75, 3.05) is 25.4 Å². The third-order valence-electron chi connectivity index (χ3n) is 3.75. The molecule has 0 spiro atoms. The number of nitrogens with zero attached hydrogens (tertiary/aromatic N) is 1. The second kappa shape index (κ2) is 6.80. The van der Waals surface area contributed by atoms with Gasteiger partial charge in [-0.05, 0) is 38.0 Å². The molecule has 1 saturated heterocycles. The quantitative estimate of drug-likeness (QED) is 0.838. The maximum Gasteiger partial charge on any atom is 0.255 e. The summed E-state index contributed by atoms with van der Waals surface area (Å²) >= 11 is 5.84. The number of piperidine rings is 1. The predicted octanol–water partition coefficient (Wildman–Crippen LogP) is 1.91. The number of amides is 2. The van der Waals surface area contributed by atoms with Crippen LogP contribution in [0.5, 0.6) is 0 Å². The molecule has 0 aliphatic carbocycles. The number of carbonyl (C=O) groups excluding carboxylic acids is 2. The number of hydrogen-bond acceptors (Lipinski definition) is 3. The molecule has 3 N–H and O–H groups in total. The number of benzene rings is 1. The minimum atomic E-state index is -0.0986. The van der Waals surface area contributed by atoms with Gasteiger partial charge in [-0.2, -0.15) is 0 Å². The van der Waals surface area contributed by atoms with Crippen molar-refractivity contribution in [3.8, 4) is 0 Å². The molecule has 6 heteroatoms. The fourth-order valence-corrected chi connectivity index (χ4v) is 2.74. The predicted molar refractivity (Wildman–Crippen MR) is 83.2 cm³/mol. The fourth-order valence-electron chi connectivity index (χ4n) is 2.56. The lowest BCUT2D eigenvalue weighted by Gasteiger charge is -2.31. The molecular weight excluding hydrogens is 290 g/mol. The van der Waals surface area contributed by atoms with Crippen LogP contribution in [-0.4, -0.2) is 36.3 Å². The van der Waals surface area contributed by atoms with E-state index < -0.39 is 0 Å². The Morgan fingerprint density at radius 2 is 2.05 bits per heavy atom. The van der Waals surface area contributed by atoms with Crippen LogP contribution in [0.25, 0.3) is 0 Å². The van der Waals surface area contributed by atoms with Crippen molar-refractivity contribution >= 4 is 29.1 Å². The van der Waals surface area contributed by atoms with E-state index in [4.69, 9.17) is 17.3 Å². The SMILES string of the molecule is CCNC(=O)C1CCN(C(=O)c2ccc(Cl)cc2N)CC1. The molecule has 2 rings (SSSR count). The molecule has 1 aromatic rings. The molecular formula is C15H20ClN3O2. The van der Waals surface area contributed by atoms with Crippen LogP contribution in [0.3, 0.4) is 0 Å². The van der Waals surface area contributed by atoms with Gasteiger partial charge in [0, 0.05) is 36.3 Å². The van der Waals surface area contributed by atoms with E-state index in [9.17, 15) is 9.59 Å². The molecule has 0 unspecified atom stereocenters. The summed E-state index contributed by atoms with van der Waals surface area (Å²) in [6.45, 7) is 3.69. The maximum absolute atomic E-state index is 12.4. The monoisotopic (exact) mass is 309 g/mol. The Hall–Kier alpha value is -1.75. The molecule has 114 valence electrons. The van der Waals surface area contributed by atoms with E-state index in [-0.39, 0.29) is 17.7 Å². The van der Waals surface area contributed by atoms with Crippen molar-refractivity contribution in [2.45, 2.75) is 19.8 Å².